The second kappa shape index (κ2) is 13.5. The Morgan fingerprint density at radius 2 is 1.64 bits per heavy atom. The summed E-state index contributed by atoms with van der Waals surface area (Å²) in [6, 6.07) is 9.69. The third-order valence-corrected chi connectivity index (χ3v) is 5.59. The molecule has 2 unspecified atom stereocenters. The lowest BCUT2D eigenvalue weighted by molar-refractivity contribution is -0.143. The maximum Gasteiger partial charge on any atom is 0.408 e. The highest BCUT2D eigenvalue weighted by Gasteiger charge is 2.39. The van der Waals surface area contributed by atoms with Crippen LogP contribution in [0.5, 0.6) is 11.5 Å². The van der Waals surface area contributed by atoms with Crippen LogP contribution in [0.25, 0.3) is 0 Å². The summed E-state index contributed by atoms with van der Waals surface area (Å²) in [5.74, 6) is -1.52. The van der Waals surface area contributed by atoms with E-state index in [9.17, 15) is 24.3 Å². The first kappa shape index (κ1) is 30.9. The van der Waals surface area contributed by atoms with E-state index in [1.54, 1.807) is 71.0 Å². The van der Waals surface area contributed by atoms with Gasteiger partial charge in [-0.25, -0.2) is 4.79 Å². The molecule has 0 aliphatic rings. The highest BCUT2D eigenvalue weighted by atomic mass is 16.6. The molecule has 0 aromatic heterocycles. The number of benzene rings is 2. The number of amides is 4. The van der Waals surface area contributed by atoms with Crippen LogP contribution in [0.15, 0.2) is 48.5 Å². The zero-order valence-corrected chi connectivity index (χ0v) is 23.2. The molecule has 2 atom stereocenters. The van der Waals surface area contributed by atoms with Crippen LogP contribution in [0.3, 0.4) is 0 Å². The Morgan fingerprint density at radius 3 is 2.15 bits per heavy atom. The molecule has 0 spiro atoms. The van der Waals surface area contributed by atoms with Crippen LogP contribution in [0.4, 0.5) is 10.5 Å². The molecule has 0 aliphatic heterocycles. The van der Waals surface area contributed by atoms with Gasteiger partial charge in [-0.2, -0.15) is 0 Å². The summed E-state index contributed by atoms with van der Waals surface area (Å²) in [7, 11) is 1.52. The standard InChI is InChI=1S/C28H38N4O7/c1-17(2)32(26(36)21(15-16-23(29)34)31-27(37)39-28(3,4)5)24(20-9-7-8-10-22(20)33)25(35)30-18-11-13-19(38-6)14-12-18/h7-14,17,21,24,33H,15-16H2,1-6H3,(H2,29,34)(H,30,35)(H,31,37). The first-order chi connectivity index (χ1) is 18.2. The third-order valence-electron chi connectivity index (χ3n) is 5.59. The van der Waals surface area contributed by atoms with E-state index in [-0.39, 0.29) is 24.2 Å². The third kappa shape index (κ3) is 9.20. The van der Waals surface area contributed by atoms with Gasteiger partial charge < -0.3 is 35.8 Å². The van der Waals surface area contributed by atoms with Gasteiger partial charge in [0.05, 0.1) is 7.11 Å². The lowest BCUT2D eigenvalue weighted by atomic mass is 9.99. The van der Waals surface area contributed by atoms with E-state index in [1.807, 2.05) is 0 Å². The van der Waals surface area contributed by atoms with Crippen LogP contribution in [0.1, 0.15) is 59.1 Å². The van der Waals surface area contributed by atoms with Gasteiger partial charge in [0, 0.05) is 23.7 Å². The van der Waals surface area contributed by atoms with Gasteiger partial charge in [-0.3, -0.25) is 14.4 Å². The van der Waals surface area contributed by atoms with E-state index in [4.69, 9.17) is 15.2 Å². The van der Waals surface area contributed by atoms with Gasteiger partial charge in [-0.1, -0.05) is 18.2 Å². The lowest BCUT2D eigenvalue weighted by Gasteiger charge is -2.37. The number of anilines is 1. The minimum absolute atomic E-state index is 0.121. The second-order valence-corrected chi connectivity index (χ2v) is 10.2. The average Bonchev–Trinajstić information content (AvgIpc) is 2.84. The first-order valence-corrected chi connectivity index (χ1v) is 12.6. The summed E-state index contributed by atoms with van der Waals surface area (Å²) in [6.07, 6.45) is -1.18. The molecule has 2 aromatic rings. The molecule has 39 heavy (non-hydrogen) atoms. The molecule has 11 heteroatoms. The van der Waals surface area contributed by atoms with Gasteiger partial charge in [0.1, 0.15) is 29.2 Å². The topological polar surface area (TPSA) is 160 Å². The number of hydrogen-bond donors (Lipinski definition) is 4. The van der Waals surface area contributed by atoms with E-state index in [1.165, 1.54) is 24.1 Å². The molecule has 2 rings (SSSR count). The molecule has 0 saturated heterocycles. The number of carbonyl (C=O) groups is 4. The fourth-order valence-electron chi connectivity index (χ4n) is 3.87. The predicted octanol–water partition coefficient (Wildman–Crippen LogP) is 3.48. The van der Waals surface area contributed by atoms with Crippen molar-refractivity contribution in [1.82, 2.24) is 10.2 Å². The molecule has 2 aromatic carbocycles. The number of hydrogen-bond acceptors (Lipinski definition) is 7. The molecule has 0 fully saturated rings. The highest BCUT2D eigenvalue weighted by Crippen LogP contribution is 2.32. The number of nitrogens with zero attached hydrogens (tertiary/aromatic N) is 1. The minimum atomic E-state index is -1.29. The fourth-order valence-corrected chi connectivity index (χ4v) is 3.87. The molecule has 0 radical (unpaired) electrons. The molecule has 11 nitrogen and oxygen atoms in total. The Balaban J connectivity index is 2.52. The second-order valence-electron chi connectivity index (χ2n) is 10.2. The first-order valence-electron chi connectivity index (χ1n) is 12.6. The number of para-hydroxylation sites is 1. The quantitative estimate of drug-likeness (QED) is 0.338. The summed E-state index contributed by atoms with van der Waals surface area (Å²) in [5.41, 5.74) is 5.10. The monoisotopic (exact) mass is 542 g/mol. The Bertz CT molecular complexity index is 1160. The van der Waals surface area contributed by atoms with Gasteiger partial charge in [0.15, 0.2) is 0 Å². The Morgan fingerprint density at radius 1 is 1.03 bits per heavy atom. The van der Waals surface area contributed by atoms with E-state index < -0.39 is 47.5 Å². The van der Waals surface area contributed by atoms with Crippen molar-refractivity contribution >= 4 is 29.5 Å². The van der Waals surface area contributed by atoms with Crippen LogP contribution >= 0.6 is 0 Å². The number of ether oxygens (including phenoxy) is 2. The Hall–Kier alpha value is -4.28. The normalized spacial score (nSPS) is 12.7. The van der Waals surface area contributed by atoms with Crippen molar-refractivity contribution in [3.63, 3.8) is 0 Å². The molecule has 0 saturated carbocycles. The van der Waals surface area contributed by atoms with Crippen molar-refractivity contribution in [3.8, 4) is 11.5 Å². The van der Waals surface area contributed by atoms with Gasteiger partial charge in [0.25, 0.3) is 5.91 Å². The van der Waals surface area contributed by atoms with E-state index in [0.717, 1.165) is 0 Å². The number of primary amides is 1. The van der Waals surface area contributed by atoms with Gasteiger partial charge in [-0.05, 0) is 71.4 Å². The van der Waals surface area contributed by atoms with E-state index in [2.05, 4.69) is 10.6 Å². The largest absolute Gasteiger partial charge is 0.508 e. The molecular formula is C28H38N4O7. The number of carbonyl (C=O) groups excluding carboxylic acids is 4. The summed E-state index contributed by atoms with van der Waals surface area (Å²) >= 11 is 0. The number of phenolic OH excluding ortho intramolecular Hbond substituents is 1. The van der Waals surface area contributed by atoms with Crippen molar-refractivity contribution in [3.05, 3.63) is 54.1 Å². The average molecular weight is 543 g/mol. The Kier molecular flexibility index (Phi) is 10.7. The maximum atomic E-state index is 14.0. The predicted molar refractivity (Wildman–Crippen MR) is 146 cm³/mol. The van der Waals surface area contributed by atoms with Crippen molar-refractivity contribution < 1.29 is 33.8 Å². The molecule has 5 N–H and O–H groups in total. The number of rotatable bonds is 11. The number of methoxy groups -OCH3 is 1. The van der Waals surface area contributed by atoms with E-state index in [0.29, 0.717) is 11.4 Å². The van der Waals surface area contributed by atoms with Gasteiger partial charge in [-0.15, -0.1) is 0 Å². The van der Waals surface area contributed by atoms with Crippen molar-refractivity contribution in [2.24, 2.45) is 5.73 Å². The number of phenols is 1. The summed E-state index contributed by atoms with van der Waals surface area (Å²) in [4.78, 5) is 53.1. The van der Waals surface area contributed by atoms with Crippen molar-refractivity contribution in [2.75, 3.05) is 12.4 Å². The molecule has 0 bridgehead atoms. The van der Waals surface area contributed by atoms with Crippen LogP contribution in [0.2, 0.25) is 0 Å². The number of alkyl carbamates (subject to hydrolysis) is 1. The SMILES string of the molecule is COc1ccc(NC(=O)C(c2ccccc2O)N(C(=O)C(CCC(N)=O)NC(=O)OC(C)(C)C)C(C)C)cc1. The highest BCUT2D eigenvalue weighted by molar-refractivity contribution is 5.99. The lowest BCUT2D eigenvalue weighted by Crippen LogP contribution is -2.54. The summed E-state index contributed by atoms with van der Waals surface area (Å²) in [6.45, 7) is 8.41. The summed E-state index contributed by atoms with van der Waals surface area (Å²) < 4.78 is 10.5. The number of aromatic hydroxyl groups is 1. The van der Waals surface area contributed by atoms with E-state index >= 15 is 0 Å². The summed E-state index contributed by atoms with van der Waals surface area (Å²) in [5, 5.41) is 16.0. The number of nitrogens with one attached hydrogen (secondary N) is 2. The van der Waals surface area contributed by atoms with Gasteiger partial charge >= 0.3 is 6.09 Å². The number of nitrogens with two attached hydrogens (primary N) is 1. The smallest absolute Gasteiger partial charge is 0.408 e. The van der Waals surface area contributed by atoms with Crippen LogP contribution in [-0.2, 0) is 19.1 Å². The van der Waals surface area contributed by atoms with Crippen molar-refractivity contribution in [1.29, 1.82) is 0 Å². The molecule has 4 amide bonds. The van der Waals surface area contributed by atoms with Gasteiger partial charge in [0.2, 0.25) is 11.8 Å². The maximum absolute atomic E-state index is 14.0. The fraction of sp³-hybridized carbons (Fsp3) is 0.429. The zero-order valence-electron chi connectivity index (χ0n) is 23.2. The molecule has 0 aliphatic carbocycles. The van der Waals surface area contributed by atoms with Crippen LogP contribution in [0, 0.1) is 0 Å². The van der Waals surface area contributed by atoms with Crippen LogP contribution < -0.4 is 21.1 Å². The van der Waals surface area contributed by atoms with Crippen molar-refractivity contribution in [2.45, 2.75) is 71.2 Å². The zero-order chi connectivity index (χ0) is 29.3. The van der Waals surface area contributed by atoms with Crippen LogP contribution in [-0.4, -0.2) is 58.6 Å². The minimum Gasteiger partial charge on any atom is -0.508 e. The molecular weight excluding hydrogens is 504 g/mol. The molecule has 0 heterocycles. The Labute approximate surface area is 228 Å². The molecule has 212 valence electrons.